The Morgan fingerprint density at radius 3 is 2.50 bits per heavy atom. The first-order valence-corrected chi connectivity index (χ1v) is 7.25. The van der Waals surface area contributed by atoms with Gasteiger partial charge in [-0.2, -0.15) is 0 Å². The lowest BCUT2D eigenvalue weighted by molar-refractivity contribution is -0.0496. The third-order valence-electron chi connectivity index (χ3n) is 4.12. The van der Waals surface area contributed by atoms with Crippen molar-refractivity contribution in [3.8, 4) is 0 Å². The first kappa shape index (κ1) is 15.6. The third kappa shape index (κ3) is 5.47. The Labute approximate surface area is 110 Å². The zero-order valence-electron chi connectivity index (χ0n) is 11.6. The van der Waals surface area contributed by atoms with Crippen LogP contribution in [0.5, 0.6) is 0 Å². The molecule has 0 aliphatic heterocycles. The highest BCUT2D eigenvalue weighted by Crippen LogP contribution is 2.38. The molecule has 1 unspecified atom stereocenters. The van der Waals surface area contributed by atoms with Gasteiger partial charge < -0.3 is 5.32 Å². The van der Waals surface area contributed by atoms with E-state index in [9.17, 15) is 8.78 Å². The largest absolute Gasteiger partial charge is 0.317 e. The Morgan fingerprint density at radius 2 is 1.94 bits per heavy atom. The van der Waals surface area contributed by atoms with Crippen molar-refractivity contribution in [2.75, 3.05) is 7.05 Å². The molecule has 106 valence electrons. The number of halogens is 2. The van der Waals surface area contributed by atoms with Gasteiger partial charge in [0.1, 0.15) is 0 Å². The molecular weight excluding hydrogens is 232 g/mol. The molecule has 1 aliphatic carbocycles. The molecule has 1 fully saturated rings. The van der Waals surface area contributed by atoms with Gasteiger partial charge >= 0.3 is 0 Å². The van der Waals surface area contributed by atoms with E-state index >= 15 is 0 Å². The van der Waals surface area contributed by atoms with Crippen LogP contribution in [0.3, 0.4) is 0 Å². The summed E-state index contributed by atoms with van der Waals surface area (Å²) in [6.45, 7) is 3.71. The molecule has 1 N–H and O–H groups in total. The summed E-state index contributed by atoms with van der Waals surface area (Å²) in [5.41, 5.74) is 0. The van der Waals surface area contributed by atoms with Crippen LogP contribution in [0.2, 0.25) is 0 Å². The van der Waals surface area contributed by atoms with Crippen LogP contribution in [-0.4, -0.2) is 19.0 Å². The highest BCUT2D eigenvalue weighted by Gasteiger charge is 2.36. The second-order valence-electron chi connectivity index (χ2n) is 5.52. The quantitative estimate of drug-likeness (QED) is 0.498. The van der Waals surface area contributed by atoms with E-state index < -0.39 is 5.92 Å². The SMILES string of the molecule is C=CCCCCCC(NC)C1CCC(F)(F)CC1. The summed E-state index contributed by atoms with van der Waals surface area (Å²) in [5, 5.41) is 3.32. The molecule has 0 amide bonds. The molecule has 0 heterocycles. The van der Waals surface area contributed by atoms with E-state index in [0.717, 1.165) is 12.8 Å². The molecule has 0 saturated heterocycles. The summed E-state index contributed by atoms with van der Waals surface area (Å²) in [5.74, 6) is -1.97. The molecule has 18 heavy (non-hydrogen) atoms. The Morgan fingerprint density at radius 1 is 1.28 bits per heavy atom. The van der Waals surface area contributed by atoms with E-state index in [1.54, 1.807) is 0 Å². The highest BCUT2D eigenvalue weighted by atomic mass is 19.3. The van der Waals surface area contributed by atoms with Gasteiger partial charge in [0.05, 0.1) is 0 Å². The number of alkyl halides is 2. The van der Waals surface area contributed by atoms with Crippen LogP contribution in [0.15, 0.2) is 12.7 Å². The van der Waals surface area contributed by atoms with Crippen LogP contribution < -0.4 is 5.32 Å². The van der Waals surface area contributed by atoms with Gasteiger partial charge in [-0.3, -0.25) is 0 Å². The van der Waals surface area contributed by atoms with E-state index in [4.69, 9.17) is 0 Å². The van der Waals surface area contributed by atoms with Crippen LogP contribution >= 0.6 is 0 Å². The fourth-order valence-electron chi connectivity index (χ4n) is 2.91. The molecular formula is C15H27F2N. The van der Waals surface area contributed by atoms with Gasteiger partial charge in [0.2, 0.25) is 5.92 Å². The van der Waals surface area contributed by atoms with Crippen LogP contribution in [0.1, 0.15) is 57.8 Å². The summed E-state index contributed by atoms with van der Waals surface area (Å²) in [4.78, 5) is 0. The molecule has 1 atom stereocenters. The summed E-state index contributed by atoms with van der Waals surface area (Å²) < 4.78 is 26.2. The van der Waals surface area contributed by atoms with E-state index in [-0.39, 0.29) is 12.8 Å². The van der Waals surface area contributed by atoms with Gasteiger partial charge in [-0.25, -0.2) is 8.78 Å². The Hall–Kier alpha value is -0.440. The normalized spacial score (nSPS) is 21.7. The molecule has 0 aromatic carbocycles. The average Bonchev–Trinajstić information content (AvgIpc) is 2.35. The van der Waals surface area contributed by atoms with Gasteiger partial charge in [0, 0.05) is 18.9 Å². The molecule has 0 bridgehead atoms. The number of hydrogen-bond donors (Lipinski definition) is 1. The lowest BCUT2D eigenvalue weighted by Gasteiger charge is -2.33. The molecule has 1 aliphatic rings. The minimum atomic E-state index is -2.40. The Bertz CT molecular complexity index is 231. The van der Waals surface area contributed by atoms with Crippen LogP contribution in [-0.2, 0) is 0 Å². The van der Waals surface area contributed by atoms with Crippen molar-refractivity contribution in [3.05, 3.63) is 12.7 Å². The lowest BCUT2D eigenvalue weighted by Crippen LogP contribution is -2.38. The van der Waals surface area contributed by atoms with Gasteiger partial charge in [-0.15, -0.1) is 6.58 Å². The molecule has 3 heteroatoms. The second kappa shape index (κ2) is 7.88. The number of allylic oxidation sites excluding steroid dienone is 1. The lowest BCUT2D eigenvalue weighted by atomic mass is 9.80. The van der Waals surface area contributed by atoms with Gasteiger partial charge in [0.15, 0.2) is 0 Å². The summed E-state index contributed by atoms with van der Waals surface area (Å²) in [6.07, 6.45) is 9.25. The summed E-state index contributed by atoms with van der Waals surface area (Å²) in [7, 11) is 1.96. The van der Waals surface area contributed by atoms with Crippen molar-refractivity contribution in [1.29, 1.82) is 0 Å². The Kier molecular flexibility index (Phi) is 6.83. The minimum Gasteiger partial charge on any atom is -0.317 e. The van der Waals surface area contributed by atoms with E-state index in [2.05, 4.69) is 11.9 Å². The van der Waals surface area contributed by atoms with Gasteiger partial charge in [-0.1, -0.05) is 18.9 Å². The topological polar surface area (TPSA) is 12.0 Å². The molecule has 0 aromatic heterocycles. The van der Waals surface area contributed by atoms with E-state index in [1.165, 1.54) is 19.3 Å². The van der Waals surface area contributed by atoms with Crippen molar-refractivity contribution in [1.82, 2.24) is 5.32 Å². The third-order valence-corrected chi connectivity index (χ3v) is 4.12. The molecule has 0 radical (unpaired) electrons. The molecule has 0 aromatic rings. The van der Waals surface area contributed by atoms with Crippen LogP contribution in [0.25, 0.3) is 0 Å². The standard InChI is InChI=1S/C15H27F2N/c1-3-4-5-6-7-8-14(18-2)13-9-11-15(16,17)12-10-13/h3,13-14,18H,1,4-12H2,2H3. The van der Waals surface area contributed by atoms with Crippen molar-refractivity contribution < 1.29 is 8.78 Å². The molecule has 0 spiro atoms. The number of hydrogen-bond acceptors (Lipinski definition) is 1. The van der Waals surface area contributed by atoms with Crippen molar-refractivity contribution >= 4 is 0 Å². The minimum absolute atomic E-state index is 0.0757. The molecule has 1 nitrogen and oxygen atoms in total. The highest BCUT2D eigenvalue weighted by molar-refractivity contribution is 4.84. The number of unbranched alkanes of at least 4 members (excludes halogenated alkanes) is 3. The average molecular weight is 259 g/mol. The maximum atomic E-state index is 13.1. The van der Waals surface area contributed by atoms with E-state index in [1.807, 2.05) is 13.1 Å². The van der Waals surface area contributed by atoms with Crippen LogP contribution in [0.4, 0.5) is 8.78 Å². The fourth-order valence-corrected chi connectivity index (χ4v) is 2.91. The first-order valence-electron chi connectivity index (χ1n) is 7.25. The second-order valence-corrected chi connectivity index (χ2v) is 5.52. The first-order chi connectivity index (χ1) is 8.59. The van der Waals surface area contributed by atoms with Gasteiger partial charge in [0.25, 0.3) is 0 Å². The monoisotopic (exact) mass is 259 g/mol. The van der Waals surface area contributed by atoms with E-state index in [0.29, 0.717) is 24.8 Å². The van der Waals surface area contributed by atoms with Crippen LogP contribution in [0, 0.1) is 5.92 Å². The predicted octanol–water partition coefficient (Wildman–Crippen LogP) is 4.54. The smallest absolute Gasteiger partial charge is 0.248 e. The molecule has 1 saturated carbocycles. The zero-order chi connectivity index (χ0) is 13.4. The van der Waals surface area contributed by atoms with Crippen molar-refractivity contribution in [2.45, 2.75) is 69.8 Å². The predicted molar refractivity (Wildman–Crippen MR) is 73.0 cm³/mol. The molecule has 1 rings (SSSR count). The van der Waals surface area contributed by atoms with Gasteiger partial charge in [-0.05, 0) is 45.1 Å². The summed E-state index contributed by atoms with van der Waals surface area (Å²) in [6, 6.07) is 0.421. The summed E-state index contributed by atoms with van der Waals surface area (Å²) >= 11 is 0. The van der Waals surface area contributed by atoms with Crippen molar-refractivity contribution in [3.63, 3.8) is 0 Å². The zero-order valence-corrected chi connectivity index (χ0v) is 11.6. The van der Waals surface area contributed by atoms with Crippen molar-refractivity contribution in [2.24, 2.45) is 5.92 Å². The Balaban J connectivity index is 2.22. The fraction of sp³-hybridized carbons (Fsp3) is 0.867. The number of rotatable bonds is 8. The number of nitrogens with one attached hydrogen (secondary N) is 1. The maximum Gasteiger partial charge on any atom is 0.248 e. The maximum absolute atomic E-state index is 13.1.